The van der Waals surface area contributed by atoms with Gasteiger partial charge in [0.25, 0.3) is 0 Å². The molecule has 5 heteroatoms. The number of hydrogen-bond donors (Lipinski definition) is 1. The summed E-state index contributed by atoms with van der Waals surface area (Å²) in [5.74, 6) is 0. The number of nitrogens with two attached hydrogens (primary N) is 1. The molecule has 0 bridgehead atoms. The summed E-state index contributed by atoms with van der Waals surface area (Å²) in [5.41, 5.74) is 5.87. The molecule has 0 radical (unpaired) electrons. The zero-order valence-electron chi connectivity index (χ0n) is 7.74. The highest BCUT2D eigenvalue weighted by Gasteiger charge is 2.43. The van der Waals surface area contributed by atoms with E-state index < -0.39 is 0 Å². The van der Waals surface area contributed by atoms with Crippen LogP contribution in [0.15, 0.2) is 16.9 Å². The number of halogens is 1. The lowest BCUT2D eigenvalue weighted by molar-refractivity contribution is 0.410. The summed E-state index contributed by atoms with van der Waals surface area (Å²) in [4.78, 5) is 0.619. The van der Waals surface area contributed by atoms with Crippen molar-refractivity contribution in [3.8, 4) is 0 Å². The van der Waals surface area contributed by atoms with Crippen molar-refractivity contribution >= 4 is 33.1 Å². The molecule has 0 amide bonds. The van der Waals surface area contributed by atoms with Crippen LogP contribution in [-0.2, 0) is 6.54 Å². The van der Waals surface area contributed by atoms with E-state index >= 15 is 0 Å². The van der Waals surface area contributed by atoms with Gasteiger partial charge in [0.1, 0.15) is 0 Å². The second-order valence-corrected chi connectivity index (χ2v) is 5.44. The molecule has 1 fully saturated rings. The van der Waals surface area contributed by atoms with E-state index in [2.05, 4.69) is 21.0 Å². The Morgan fingerprint density at radius 3 is 2.86 bits per heavy atom. The second kappa shape index (κ2) is 3.62. The maximum atomic E-state index is 5.57. The molecule has 0 unspecified atom stereocenters. The van der Waals surface area contributed by atoms with Crippen molar-refractivity contribution in [3.63, 3.8) is 0 Å². The van der Waals surface area contributed by atoms with Crippen molar-refractivity contribution in [1.29, 1.82) is 0 Å². The molecule has 2 rings (SSSR count). The molecule has 1 heterocycles. The molecule has 0 atom stereocenters. The maximum absolute atomic E-state index is 5.57. The standard InChI is InChI=1S/C9H12BrN3S/c10-7-4-12-13(5-7)6-9(1-2-9)3-8(11)14/h4-5H,1-3,6H2,(H2,11,14). The Hall–Kier alpha value is -0.420. The van der Waals surface area contributed by atoms with E-state index in [-0.39, 0.29) is 0 Å². The summed E-state index contributed by atoms with van der Waals surface area (Å²) < 4.78 is 2.97. The Morgan fingerprint density at radius 2 is 2.43 bits per heavy atom. The van der Waals surface area contributed by atoms with Crippen LogP contribution in [0.1, 0.15) is 19.3 Å². The first-order valence-electron chi connectivity index (χ1n) is 4.56. The third-order valence-electron chi connectivity index (χ3n) is 2.61. The fourth-order valence-electron chi connectivity index (χ4n) is 1.71. The van der Waals surface area contributed by atoms with Crippen LogP contribution in [-0.4, -0.2) is 14.8 Å². The minimum absolute atomic E-state index is 0.303. The summed E-state index contributed by atoms with van der Waals surface area (Å²) in [6, 6.07) is 0. The van der Waals surface area contributed by atoms with Gasteiger partial charge in [0, 0.05) is 19.2 Å². The van der Waals surface area contributed by atoms with Gasteiger partial charge in [0.2, 0.25) is 0 Å². The van der Waals surface area contributed by atoms with E-state index in [4.69, 9.17) is 18.0 Å². The van der Waals surface area contributed by atoms with Gasteiger partial charge in [-0.2, -0.15) is 5.10 Å². The first-order valence-corrected chi connectivity index (χ1v) is 5.76. The number of rotatable bonds is 4. The van der Waals surface area contributed by atoms with Gasteiger partial charge in [-0.05, 0) is 34.2 Å². The number of aromatic nitrogens is 2. The van der Waals surface area contributed by atoms with Gasteiger partial charge in [-0.25, -0.2) is 0 Å². The second-order valence-electron chi connectivity index (χ2n) is 4.00. The molecule has 1 saturated carbocycles. The SMILES string of the molecule is NC(=S)CC1(Cn2cc(Br)cn2)CC1. The predicted octanol–water partition coefficient (Wildman–Crippen LogP) is 2.10. The third kappa shape index (κ3) is 2.33. The van der Waals surface area contributed by atoms with E-state index in [1.165, 1.54) is 12.8 Å². The molecule has 1 aliphatic carbocycles. The Bertz CT molecular complexity index is 357. The van der Waals surface area contributed by atoms with Gasteiger partial charge in [-0.15, -0.1) is 0 Å². The van der Waals surface area contributed by atoms with Gasteiger partial charge in [0.15, 0.2) is 0 Å². The Labute approximate surface area is 96.8 Å². The fraction of sp³-hybridized carbons (Fsp3) is 0.556. The van der Waals surface area contributed by atoms with Crippen LogP contribution in [0, 0.1) is 5.41 Å². The van der Waals surface area contributed by atoms with Crippen molar-refractivity contribution in [2.24, 2.45) is 11.1 Å². The molecule has 76 valence electrons. The highest BCUT2D eigenvalue weighted by molar-refractivity contribution is 9.10. The van der Waals surface area contributed by atoms with Crippen molar-refractivity contribution in [2.75, 3.05) is 0 Å². The van der Waals surface area contributed by atoms with E-state index in [0.717, 1.165) is 17.4 Å². The maximum Gasteiger partial charge on any atom is 0.0733 e. The lowest BCUT2D eigenvalue weighted by Crippen LogP contribution is -2.20. The summed E-state index contributed by atoms with van der Waals surface area (Å²) in [6.45, 7) is 0.927. The number of hydrogen-bond acceptors (Lipinski definition) is 2. The average Bonchev–Trinajstić information content (AvgIpc) is 2.67. The van der Waals surface area contributed by atoms with Gasteiger partial charge in [0.05, 0.1) is 15.7 Å². The predicted molar refractivity (Wildman–Crippen MR) is 63.0 cm³/mol. The van der Waals surface area contributed by atoms with Crippen LogP contribution in [0.25, 0.3) is 0 Å². The van der Waals surface area contributed by atoms with Gasteiger partial charge >= 0.3 is 0 Å². The Morgan fingerprint density at radius 1 is 1.71 bits per heavy atom. The lowest BCUT2D eigenvalue weighted by atomic mass is 10.0. The molecule has 0 aromatic carbocycles. The van der Waals surface area contributed by atoms with Gasteiger partial charge in [-0.3, -0.25) is 4.68 Å². The average molecular weight is 274 g/mol. The molecular formula is C9H12BrN3S. The van der Waals surface area contributed by atoms with Crippen molar-refractivity contribution in [3.05, 3.63) is 16.9 Å². The minimum atomic E-state index is 0.303. The number of nitrogens with zero attached hydrogens (tertiary/aromatic N) is 2. The smallest absolute Gasteiger partial charge is 0.0733 e. The van der Waals surface area contributed by atoms with Crippen LogP contribution in [0.5, 0.6) is 0 Å². The summed E-state index contributed by atoms with van der Waals surface area (Å²) in [6.07, 6.45) is 7.06. The van der Waals surface area contributed by atoms with Crippen LogP contribution < -0.4 is 5.73 Å². The molecule has 0 aliphatic heterocycles. The molecule has 14 heavy (non-hydrogen) atoms. The summed E-state index contributed by atoms with van der Waals surface area (Å²) in [5, 5.41) is 4.23. The lowest BCUT2D eigenvalue weighted by Gasteiger charge is -2.13. The molecule has 1 aliphatic rings. The topological polar surface area (TPSA) is 43.8 Å². The molecular weight excluding hydrogens is 262 g/mol. The van der Waals surface area contributed by atoms with Crippen molar-refractivity contribution < 1.29 is 0 Å². The molecule has 3 nitrogen and oxygen atoms in total. The monoisotopic (exact) mass is 273 g/mol. The zero-order chi connectivity index (χ0) is 10.2. The first-order chi connectivity index (χ1) is 6.60. The van der Waals surface area contributed by atoms with Crippen LogP contribution >= 0.6 is 28.1 Å². The minimum Gasteiger partial charge on any atom is -0.393 e. The number of thiocarbonyl (C=S) groups is 1. The fourth-order valence-corrected chi connectivity index (χ4v) is 2.34. The quantitative estimate of drug-likeness (QED) is 0.855. The third-order valence-corrected chi connectivity index (χ3v) is 3.16. The highest BCUT2D eigenvalue weighted by Crippen LogP contribution is 2.50. The van der Waals surface area contributed by atoms with Crippen molar-refractivity contribution in [2.45, 2.75) is 25.8 Å². The molecule has 2 N–H and O–H groups in total. The molecule has 1 aromatic heterocycles. The Kier molecular flexibility index (Phi) is 2.62. The van der Waals surface area contributed by atoms with Crippen LogP contribution in [0.4, 0.5) is 0 Å². The van der Waals surface area contributed by atoms with E-state index in [9.17, 15) is 0 Å². The van der Waals surface area contributed by atoms with Crippen molar-refractivity contribution in [1.82, 2.24) is 9.78 Å². The highest BCUT2D eigenvalue weighted by atomic mass is 79.9. The molecule has 0 saturated heterocycles. The molecule has 1 aromatic rings. The summed E-state index contributed by atoms with van der Waals surface area (Å²) >= 11 is 8.32. The van der Waals surface area contributed by atoms with E-state index in [1.807, 2.05) is 10.9 Å². The zero-order valence-corrected chi connectivity index (χ0v) is 10.1. The normalized spacial score (nSPS) is 18.1. The van der Waals surface area contributed by atoms with Crippen LogP contribution in [0.3, 0.4) is 0 Å². The van der Waals surface area contributed by atoms with E-state index in [1.54, 1.807) is 6.20 Å². The molecule has 0 spiro atoms. The van der Waals surface area contributed by atoms with Crippen LogP contribution in [0.2, 0.25) is 0 Å². The Balaban J connectivity index is 2.00. The first kappa shape index (κ1) is 10.1. The van der Waals surface area contributed by atoms with Gasteiger partial charge < -0.3 is 5.73 Å². The van der Waals surface area contributed by atoms with E-state index in [0.29, 0.717) is 10.4 Å². The van der Waals surface area contributed by atoms with Gasteiger partial charge in [-0.1, -0.05) is 12.2 Å². The largest absolute Gasteiger partial charge is 0.393 e. The summed E-state index contributed by atoms with van der Waals surface area (Å²) in [7, 11) is 0.